The van der Waals surface area contributed by atoms with Crippen LogP contribution in [0.2, 0.25) is 5.02 Å². The number of aliphatic hydroxyl groups excluding tert-OH is 1. The zero-order chi connectivity index (χ0) is 25.4. The van der Waals surface area contributed by atoms with E-state index in [1.54, 1.807) is 60.9 Å². The number of furan rings is 1. The molecule has 9 heteroatoms. The number of carbonyl (C=O) groups excluding carboxylic acids is 2. The number of amides is 1. The second-order valence-corrected chi connectivity index (χ2v) is 8.46. The van der Waals surface area contributed by atoms with Crippen molar-refractivity contribution in [3.8, 4) is 11.5 Å². The number of hydrogen-bond donors (Lipinski definition) is 1. The fourth-order valence-electron chi connectivity index (χ4n) is 4.31. The van der Waals surface area contributed by atoms with Crippen molar-refractivity contribution in [2.45, 2.75) is 13.0 Å². The number of fused-ring (bicyclic) bond motifs is 1. The Morgan fingerprint density at radius 3 is 2.64 bits per heavy atom. The molecular formula is C27H21ClN2O6. The molecule has 1 unspecified atom stereocenters. The van der Waals surface area contributed by atoms with E-state index < -0.39 is 23.5 Å². The Morgan fingerprint density at radius 1 is 1.19 bits per heavy atom. The summed E-state index contributed by atoms with van der Waals surface area (Å²) in [7, 11) is 1.46. The molecule has 36 heavy (non-hydrogen) atoms. The maximum atomic E-state index is 13.8. The van der Waals surface area contributed by atoms with E-state index in [-0.39, 0.29) is 11.3 Å². The molecule has 1 atom stereocenters. The summed E-state index contributed by atoms with van der Waals surface area (Å²) in [5.74, 6) is -1.09. The lowest BCUT2D eigenvalue weighted by molar-refractivity contribution is -0.117. The molecule has 1 aliphatic rings. The first-order valence-electron chi connectivity index (χ1n) is 11.1. The van der Waals surface area contributed by atoms with Crippen LogP contribution in [-0.4, -0.2) is 35.5 Å². The van der Waals surface area contributed by atoms with E-state index in [1.807, 2.05) is 6.92 Å². The molecule has 1 aliphatic heterocycles. The van der Waals surface area contributed by atoms with Gasteiger partial charge >= 0.3 is 0 Å². The van der Waals surface area contributed by atoms with Gasteiger partial charge in [-0.2, -0.15) is 0 Å². The van der Waals surface area contributed by atoms with Crippen LogP contribution in [0.4, 0.5) is 5.69 Å². The van der Waals surface area contributed by atoms with E-state index in [0.29, 0.717) is 45.3 Å². The maximum absolute atomic E-state index is 13.8. The van der Waals surface area contributed by atoms with E-state index in [0.717, 1.165) is 0 Å². The van der Waals surface area contributed by atoms with Crippen molar-refractivity contribution >= 4 is 39.9 Å². The molecule has 0 aliphatic carbocycles. The lowest BCUT2D eigenvalue weighted by Gasteiger charge is -2.26. The summed E-state index contributed by atoms with van der Waals surface area (Å²) in [6.45, 7) is 2.37. The largest absolute Gasteiger partial charge is 0.503 e. The SMILES string of the molecule is CCOc1ccc(N2C(=O)C(O)=C(C(=O)c3cc4cc(Cl)cc(OC)c4o3)C2c2cccnc2)cc1. The van der Waals surface area contributed by atoms with Gasteiger partial charge in [0.2, 0.25) is 5.78 Å². The molecule has 0 spiro atoms. The van der Waals surface area contributed by atoms with Crippen molar-refractivity contribution in [2.24, 2.45) is 0 Å². The van der Waals surface area contributed by atoms with Crippen molar-refractivity contribution in [3.63, 3.8) is 0 Å². The monoisotopic (exact) mass is 504 g/mol. The quantitative estimate of drug-likeness (QED) is 0.323. The highest BCUT2D eigenvalue weighted by Gasteiger charge is 2.45. The molecule has 0 saturated heterocycles. The minimum Gasteiger partial charge on any atom is -0.503 e. The van der Waals surface area contributed by atoms with Crippen LogP contribution in [0.1, 0.15) is 29.1 Å². The number of ether oxygens (including phenoxy) is 2. The van der Waals surface area contributed by atoms with Gasteiger partial charge in [-0.3, -0.25) is 19.5 Å². The van der Waals surface area contributed by atoms with E-state index in [9.17, 15) is 14.7 Å². The van der Waals surface area contributed by atoms with Crippen LogP contribution in [0.5, 0.6) is 11.5 Å². The van der Waals surface area contributed by atoms with Gasteiger partial charge in [-0.25, -0.2) is 0 Å². The van der Waals surface area contributed by atoms with Crippen molar-refractivity contribution in [1.29, 1.82) is 0 Å². The Labute approximate surface area is 211 Å². The van der Waals surface area contributed by atoms with Crippen LogP contribution in [0.3, 0.4) is 0 Å². The van der Waals surface area contributed by atoms with Gasteiger partial charge in [0.05, 0.1) is 25.3 Å². The second kappa shape index (κ2) is 9.39. The normalized spacial score (nSPS) is 15.6. The van der Waals surface area contributed by atoms with Gasteiger partial charge in [0, 0.05) is 34.6 Å². The van der Waals surface area contributed by atoms with Gasteiger partial charge in [0.25, 0.3) is 5.91 Å². The summed E-state index contributed by atoms with van der Waals surface area (Å²) in [5.41, 5.74) is 1.23. The highest BCUT2D eigenvalue weighted by atomic mass is 35.5. The smallest absolute Gasteiger partial charge is 0.294 e. The van der Waals surface area contributed by atoms with Gasteiger partial charge in [0.1, 0.15) is 5.75 Å². The Bertz CT molecular complexity index is 1490. The zero-order valence-corrected chi connectivity index (χ0v) is 20.2. The first-order valence-corrected chi connectivity index (χ1v) is 11.5. The summed E-state index contributed by atoms with van der Waals surface area (Å²) in [4.78, 5) is 32.6. The molecule has 182 valence electrons. The number of nitrogens with zero attached hydrogens (tertiary/aromatic N) is 2. The predicted octanol–water partition coefficient (Wildman–Crippen LogP) is 5.67. The Hall–Kier alpha value is -4.30. The number of aromatic nitrogens is 1. The number of pyridine rings is 1. The fraction of sp³-hybridized carbons (Fsp3) is 0.148. The number of aliphatic hydroxyl groups is 1. The number of ketones is 1. The lowest BCUT2D eigenvalue weighted by Crippen LogP contribution is -2.31. The summed E-state index contributed by atoms with van der Waals surface area (Å²) in [5, 5.41) is 11.9. The number of benzene rings is 2. The molecule has 1 amide bonds. The summed E-state index contributed by atoms with van der Waals surface area (Å²) < 4.78 is 16.7. The average molecular weight is 505 g/mol. The third-order valence-corrected chi connectivity index (χ3v) is 6.09. The Kier molecular flexibility index (Phi) is 6.12. The minimum absolute atomic E-state index is 0.0673. The third kappa shape index (κ3) is 3.95. The summed E-state index contributed by atoms with van der Waals surface area (Å²) in [6.07, 6.45) is 3.13. The molecule has 3 heterocycles. The van der Waals surface area contributed by atoms with Crippen molar-refractivity contribution in [3.05, 3.63) is 94.7 Å². The molecule has 5 rings (SSSR count). The fourth-order valence-corrected chi connectivity index (χ4v) is 4.53. The zero-order valence-electron chi connectivity index (χ0n) is 19.4. The molecule has 1 N–H and O–H groups in total. The number of Topliss-reactive ketones (excluding diaryl/α,β-unsaturated/α-hetero) is 1. The van der Waals surface area contributed by atoms with Gasteiger partial charge in [-0.1, -0.05) is 17.7 Å². The molecular weight excluding hydrogens is 484 g/mol. The highest BCUT2D eigenvalue weighted by molar-refractivity contribution is 6.31. The molecule has 0 radical (unpaired) electrons. The standard InChI is InChI=1S/C27H21ClN2O6/c1-3-35-19-8-6-18(7-9-19)30-23(15-5-4-10-29-14-15)22(25(32)27(30)33)24(31)20-12-16-11-17(28)13-21(34-2)26(16)36-20/h4-14,23,32H,3H2,1-2H3. The number of methoxy groups -OCH3 is 1. The van der Waals surface area contributed by atoms with E-state index in [2.05, 4.69) is 4.98 Å². The molecule has 4 aromatic rings. The topological polar surface area (TPSA) is 102 Å². The highest BCUT2D eigenvalue weighted by Crippen LogP contribution is 2.43. The first-order chi connectivity index (χ1) is 17.4. The predicted molar refractivity (Wildman–Crippen MR) is 134 cm³/mol. The Morgan fingerprint density at radius 2 is 1.97 bits per heavy atom. The molecule has 0 bridgehead atoms. The molecule has 0 saturated carbocycles. The molecule has 2 aromatic heterocycles. The number of anilines is 1. The lowest BCUT2D eigenvalue weighted by atomic mass is 9.96. The van der Waals surface area contributed by atoms with Gasteiger partial charge in [-0.05, 0) is 55.0 Å². The van der Waals surface area contributed by atoms with Crippen LogP contribution >= 0.6 is 11.6 Å². The molecule has 2 aromatic carbocycles. The second-order valence-electron chi connectivity index (χ2n) is 8.02. The first kappa shape index (κ1) is 23.4. The van der Waals surface area contributed by atoms with E-state index >= 15 is 0 Å². The number of hydrogen-bond acceptors (Lipinski definition) is 7. The summed E-state index contributed by atoms with van der Waals surface area (Å²) >= 11 is 6.16. The Balaban J connectivity index is 1.62. The molecule has 0 fully saturated rings. The van der Waals surface area contributed by atoms with Gasteiger partial charge in [-0.15, -0.1) is 0 Å². The van der Waals surface area contributed by atoms with E-state index in [4.69, 9.17) is 25.5 Å². The average Bonchev–Trinajstić information content (AvgIpc) is 3.43. The third-order valence-electron chi connectivity index (χ3n) is 5.87. The van der Waals surface area contributed by atoms with Crippen LogP contribution in [-0.2, 0) is 4.79 Å². The van der Waals surface area contributed by atoms with Gasteiger partial charge < -0.3 is 19.0 Å². The minimum atomic E-state index is -0.935. The van der Waals surface area contributed by atoms with Crippen LogP contribution < -0.4 is 14.4 Å². The van der Waals surface area contributed by atoms with Crippen LogP contribution in [0.25, 0.3) is 11.0 Å². The van der Waals surface area contributed by atoms with Crippen LogP contribution in [0, 0.1) is 0 Å². The summed E-state index contributed by atoms with van der Waals surface area (Å²) in [6, 6.07) is 14.1. The number of rotatable bonds is 7. The van der Waals surface area contributed by atoms with Gasteiger partial charge in [0.15, 0.2) is 22.9 Å². The number of carbonyl (C=O) groups is 2. The van der Waals surface area contributed by atoms with Crippen molar-refractivity contribution in [2.75, 3.05) is 18.6 Å². The number of halogens is 1. The maximum Gasteiger partial charge on any atom is 0.294 e. The van der Waals surface area contributed by atoms with Crippen molar-refractivity contribution < 1.29 is 28.6 Å². The molecule has 8 nitrogen and oxygen atoms in total. The van der Waals surface area contributed by atoms with Crippen LogP contribution in [0.15, 0.2) is 82.7 Å². The van der Waals surface area contributed by atoms with E-state index in [1.165, 1.54) is 18.1 Å². The van der Waals surface area contributed by atoms with Crippen molar-refractivity contribution in [1.82, 2.24) is 4.98 Å².